The monoisotopic (exact) mass is 381 g/mol. The molecule has 0 aromatic carbocycles. The van der Waals surface area contributed by atoms with Gasteiger partial charge in [0, 0.05) is 18.2 Å². The Bertz CT molecular complexity index is 752. The number of oxime groups is 1. The van der Waals surface area contributed by atoms with Crippen LogP contribution in [0.25, 0.3) is 0 Å². The van der Waals surface area contributed by atoms with E-state index in [9.17, 15) is 19.5 Å². The predicted octanol–water partition coefficient (Wildman–Crippen LogP) is 1.45. The SMILES string of the molecule is [B]OC(=O)C1(O/N=C(\C(=O)O)c2csc(NC(=O)OC(C)(C)C)n2)CC1. The van der Waals surface area contributed by atoms with Crippen LogP contribution in [0.4, 0.5) is 9.93 Å². The topological polar surface area (TPSA) is 136 Å². The molecule has 0 spiro atoms. The van der Waals surface area contributed by atoms with Gasteiger partial charge in [0.1, 0.15) is 11.3 Å². The van der Waals surface area contributed by atoms with Crippen LogP contribution >= 0.6 is 11.3 Å². The smallest absolute Gasteiger partial charge is 0.413 e. The first-order valence-electron chi connectivity index (χ1n) is 7.43. The van der Waals surface area contributed by atoms with Crippen LogP contribution in [-0.4, -0.2) is 53.1 Å². The molecule has 1 amide bonds. The molecule has 0 atom stereocenters. The molecular weight excluding hydrogens is 365 g/mol. The van der Waals surface area contributed by atoms with Gasteiger partial charge in [0.2, 0.25) is 11.3 Å². The van der Waals surface area contributed by atoms with Gasteiger partial charge in [0.15, 0.2) is 5.13 Å². The molecule has 0 aliphatic heterocycles. The normalized spacial score (nSPS) is 15.7. The minimum atomic E-state index is -1.42. The number of hydrogen-bond acceptors (Lipinski definition) is 9. The largest absolute Gasteiger partial charge is 0.540 e. The lowest BCUT2D eigenvalue weighted by Crippen LogP contribution is -2.28. The van der Waals surface area contributed by atoms with E-state index in [2.05, 4.69) is 20.1 Å². The molecule has 26 heavy (non-hydrogen) atoms. The number of rotatable bonds is 6. The summed E-state index contributed by atoms with van der Waals surface area (Å²) in [5.74, 6) is -2.26. The number of carboxylic acids is 1. The molecule has 0 bridgehead atoms. The van der Waals surface area contributed by atoms with Gasteiger partial charge in [-0.15, -0.1) is 11.3 Å². The number of carbonyl (C=O) groups is 3. The molecule has 1 aromatic rings. The summed E-state index contributed by atoms with van der Waals surface area (Å²) in [5.41, 5.74) is -2.63. The van der Waals surface area contributed by atoms with Gasteiger partial charge >= 0.3 is 26.1 Å². The van der Waals surface area contributed by atoms with Crippen LogP contribution in [0.3, 0.4) is 0 Å². The van der Waals surface area contributed by atoms with Gasteiger partial charge in [-0.25, -0.2) is 19.4 Å². The number of aromatic nitrogens is 1. The molecule has 2 N–H and O–H groups in total. The van der Waals surface area contributed by atoms with Crippen molar-refractivity contribution in [2.75, 3.05) is 5.32 Å². The van der Waals surface area contributed by atoms with E-state index in [1.165, 1.54) is 5.38 Å². The lowest BCUT2D eigenvalue weighted by Gasteiger charge is -2.18. The Labute approximate surface area is 154 Å². The van der Waals surface area contributed by atoms with Gasteiger partial charge in [-0.2, -0.15) is 0 Å². The summed E-state index contributed by atoms with van der Waals surface area (Å²) in [7, 11) is 4.81. The first kappa shape index (κ1) is 19.7. The molecule has 1 aliphatic rings. The number of aliphatic carboxylic acids is 1. The number of nitrogens with zero attached hydrogens (tertiary/aromatic N) is 2. The van der Waals surface area contributed by atoms with E-state index in [0.717, 1.165) is 11.3 Å². The van der Waals surface area contributed by atoms with Crippen LogP contribution in [-0.2, 0) is 23.8 Å². The minimum Gasteiger partial charge on any atom is -0.540 e. The van der Waals surface area contributed by atoms with Crippen molar-refractivity contribution >= 4 is 48.3 Å². The highest BCUT2D eigenvalue weighted by molar-refractivity contribution is 7.14. The van der Waals surface area contributed by atoms with Gasteiger partial charge < -0.3 is 19.3 Å². The Morgan fingerprint density at radius 1 is 1.38 bits per heavy atom. The lowest BCUT2D eigenvalue weighted by atomic mass is 10.2. The van der Waals surface area contributed by atoms with Crippen LogP contribution in [0.2, 0.25) is 0 Å². The fraction of sp³-hybridized carbons (Fsp3) is 0.500. The highest BCUT2D eigenvalue weighted by Gasteiger charge is 2.55. The van der Waals surface area contributed by atoms with E-state index in [-0.39, 0.29) is 10.8 Å². The van der Waals surface area contributed by atoms with Gasteiger partial charge in [-0.3, -0.25) is 5.32 Å². The molecule has 1 aliphatic carbocycles. The fourth-order valence-electron chi connectivity index (χ4n) is 1.71. The molecule has 10 nitrogen and oxygen atoms in total. The number of carboxylic acid groups (broad SMARTS) is 1. The lowest BCUT2D eigenvalue weighted by molar-refractivity contribution is -0.150. The zero-order valence-corrected chi connectivity index (χ0v) is 15.1. The van der Waals surface area contributed by atoms with Crippen molar-refractivity contribution in [1.82, 2.24) is 4.98 Å². The first-order valence-corrected chi connectivity index (χ1v) is 8.31. The van der Waals surface area contributed by atoms with E-state index in [4.69, 9.17) is 17.6 Å². The second-order valence-corrected chi connectivity index (χ2v) is 7.26. The van der Waals surface area contributed by atoms with E-state index in [0.29, 0.717) is 12.8 Å². The molecular formula is C14H16BN3O7S. The maximum atomic E-state index is 11.7. The van der Waals surface area contributed by atoms with Crippen molar-refractivity contribution in [2.45, 2.75) is 44.8 Å². The van der Waals surface area contributed by atoms with E-state index < -0.39 is 34.9 Å². The van der Waals surface area contributed by atoms with E-state index in [1.54, 1.807) is 20.8 Å². The van der Waals surface area contributed by atoms with Gasteiger partial charge in [-0.05, 0) is 20.8 Å². The molecule has 0 unspecified atom stereocenters. The second kappa shape index (κ2) is 7.32. The summed E-state index contributed by atoms with van der Waals surface area (Å²) in [6, 6.07) is 0. The summed E-state index contributed by atoms with van der Waals surface area (Å²) in [6.07, 6.45) is -0.115. The Kier molecular flexibility index (Phi) is 5.54. The predicted molar refractivity (Wildman–Crippen MR) is 91.0 cm³/mol. The number of nitrogens with one attached hydrogen (secondary N) is 1. The maximum absolute atomic E-state index is 11.7. The van der Waals surface area contributed by atoms with Crippen molar-refractivity contribution in [3.8, 4) is 0 Å². The third-order valence-corrected chi connectivity index (χ3v) is 3.81. The van der Waals surface area contributed by atoms with Crippen LogP contribution in [0.1, 0.15) is 39.3 Å². The van der Waals surface area contributed by atoms with Crippen LogP contribution in [0.5, 0.6) is 0 Å². The average Bonchev–Trinajstić information content (AvgIpc) is 3.17. The van der Waals surface area contributed by atoms with Gasteiger partial charge in [-0.1, -0.05) is 5.16 Å². The third kappa shape index (κ3) is 4.94. The molecule has 1 heterocycles. The molecule has 138 valence electrons. The van der Waals surface area contributed by atoms with Crippen molar-refractivity contribution in [1.29, 1.82) is 0 Å². The molecule has 2 rings (SSSR count). The summed E-state index contributed by atoms with van der Waals surface area (Å²) < 4.78 is 9.19. The Balaban J connectivity index is 2.11. The summed E-state index contributed by atoms with van der Waals surface area (Å²) >= 11 is 0.975. The zero-order chi connectivity index (χ0) is 19.5. The summed E-state index contributed by atoms with van der Waals surface area (Å²) in [5, 5.41) is 16.7. The molecule has 1 fully saturated rings. The maximum Gasteiger partial charge on any atom is 0.413 e. The van der Waals surface area contributed by atoms with E-state index >= 15 is 0 Å². The summed E-state index contributed by atoms with van der Waals surface area (Å²) in [6.45, 7) is 5.10. The Hall–Kier alpha value is -2.63. The van der Waals surface area contributed by atoms with Crippen molar-refractivity contribution < 1.29 is 33.7 Å². The number of anilines is 1. The van der Waals surface area contributed by atoms with Crippen LogP contribution < -0.4 is 5.32 Å². The average molecular weight is 381 g/mol. The van der Waals surface area contributed by atoms with Crippen LogP contribution in [0.15, 0.2) is 10.5 Å². The van der Waals surface area contributed by atoms with Gasteiger partial charge in [0.05, 0.1) is 0 Å². The molecule has 2 radical (unpaired) electrons. The highest BCUT2D eigenvalue weighted by atomic mass is 32.1. The standard InChI is InChI=1S/C14H16BN3O7S/c1-13(2,3)23-12(22)17-11-16-7(6-26-11)8(9(19)20)18-25-14(4-5-14)10(21)24-15/h6H,4-5H2,1-3H3,(H,19,20)(H,16,17,22)/b18-8-. The zero-order valence-electron chi connectivity index (χ0n) is 14.3. The second-order valence-electron chi connectivity index (χ2n) is 6.40. The summed E-state index contributed by atoms with van der Waals surface area (Å²) in [4.78, 5) is 43.6. The first-order chi connectivity index (χ1) is 12.1. The van der Waals surface area contributed by atoms with E-state index in [1.807, 2.05) is 0 Å². The number of amides is 1. The van der Waals surface area contributed by atoms with Crippen molar-refractivity contribution in [3.05, 3.63) is 11.1 Å². The molecule has 12 heteroatoms. The molecule has 1 aromatic heterocycles. The fourth-order valence-corrected chi connectivity index (χ4v) is 2.39. The number of ether oxygens (including phenoxy) is 1. The molecule has 1 saturated carbocycles. The van der Waals surface area contributed by atoms with Crippen molar-refractivity contribution in [3.63, 3.8) is 0 Å². The Morgan fingerprint density at radius 3 is 2.54 bits per heavy atom. The van der Waals surface area contributed by atoms with Gasteiger partial charge in [0.25, 0.3) is 0 Å². The Morgan fingerprint density at radius 2 is 2.04 bits per heavy atom. The number of carbonyl (C=O) groups excluding carboxylic acids is 2. The molecule has 0 saturated heterocycles. The number of thiazole rings is 1. The highest BCUT2D eigenvalue weighted by Crippen LogP contribution is 2.41. The van der Waals surface area contributed by atoms with Crippen molar-refractivity contribution in [2.24, 2.45) is 5.16 Å². The minimum absolute atomic E-state index is 0.0505. The third-order valence-electron chi connectivity index (χ3n) is 3.05. The quantitative estimate of drug-likeness (QED) is 0.429. The van der Waals surface area contributed by atoms with Crippen LogP contribution in [0, 0.1) is 0 Å². The number of hydrogen-bond donors (Lipinski definition) is 2.